The Hall–Kier alpha value is -2.68. The number of halogens is 2. The standard InChI is InChI=1S/C44H56BF2O10/c1-23-15-31-29-9-7-25-17-27(48)11-13-37(25,3)41(29,46)33(50)19-39(31,5)43(23,54)35(52)21-56-45-57-22-36(53)44(55)24(2)16-32-30-10-8-26-18-28(49)12-14-38(26,4)42(30,47)34(51)20-40(32,44)6/h11-14,17-18,23-24,29-34,50-51,54-55H,7-10,15-16,19-22H2,1-6H3. The molecule has 8 rings (SSSR count). The quantitative estimate of drug-likeness (QED) is 0.205. The third kappa shape index (κ3) is 4.90. The Morgan fingerprint density at radius 2 is 1.07 bits per heavy atom. The first kappa shape index (κ1) is 41.1. The van der Waals surface area contributed by atoms with Gasteiger partial charge in [-0.3, -0.25) is 19.2 Å². The summed E-state index contributed by atoms with van der Waals surface area (Å²) in [6.07, 6.45) is 7.65. The Morgan fingerprint density at radius 1 is 0.702 bits per heavy atom. The second-order valence-corrected chi connectivity index (χ2v) is 19.9. The average Bonchev–Trinajstić information content (AvgIpc) is 3.48. The molecule has 57 heavy (non-hydrogen) atoms. The van der Waals surface area contributed by atoms with Gasteiger partial charge in [0.15, 0.2) is 34.5 Å². The Bertz CT molecular complexity index is 1800. The molecule has 16 unspecified atom stereocenters. The summed E-state index contributed by atoms with van der Waals surface area (Å²) in [7, 11) is 0.824. The van der Waals surface area contributed by atoms with E-state index in [1.807, 2.05) is 0 Å². The van der Waals surface area contributed by atoms with Gasteiger partial charge in [0.25, 0.3) is 0 Å². The van der Waals surface area contributed by atoms with E-state index in [2.05, 4.69) is 0 Å². The molecule has 16 atom stereocenters. The molecule has 0 amide bonds. The summed E-state index contributed by atoms with van der Waals surface area (Å²) < 4.78 is 46.0. The van der Waals surface area contributed by atoms with E-state index in [4.69, 9.17) is 9.31 Å². The number of fused-ring (bicyclic) bond motifs is 10. The topological polar surface area (TPSA) is 168 Å². The lowest BCUT2D eigenvalue weighted by Crippen LogP contribution is -2.69. The minimum Gasteiger partial charge on any atom is -0.406 e. The van der Waals surface area contributed by atoms with Gasteiger partial charge in [0, 0.05) is 33.5 Å². The molecule has 0 aromatic heterocycles. The number of aliphatic hydroxyl groups excluding tert-OH is 2. The lowest BCUT2D eigenvalue weighted by Gasteiger charge is -2.62. The highest BCUT2D eigenvalue weighted by atomic mass is 19.1. The van der Waals surface area contributed by atoms with Crippen LogP contribution in [-0.4, -0.2) is 99.2 Å². The Kier molecular flexibility index (Phi) is 9.31. The van der Waals surface area contributed by atoms with Gasteiger partial charge in [-0.1, -0.05) is 51.0 Å². The van der Waals surface area contributed by atoms with Crippen molar-refractivity contribution in [3.63, 3.8) is 0 Å². The van der Waals surface area contributed by atoms with Gasteiger partial charge in [0.2, 0.25) is 0 Å². The molecular weight excluding hydrogens is 737 g/mol. The molecular formula is C44H56BF2O10. The van der Waals surface area contributed by atoms with Crippen LogP contribution >= 0.6 is 0 Å². The number of allylic oxidation sites excluding steroid dienone is 8. The minimum atomic E-state index is -2.11. The van der Waals surface area contributed by atoms with E-state index in [9.17, 15) is 39.6 Å². The van der Waals surface area contributed by atoms with Crippen LogP contribution in [0.5, 0.6) is 0 Å². The molecule has 0 aromatic carbocycles. The van der Waals surface area contributed by atoms with Crippen LogP contribution in [0.15, 0.2) is 47.6 Å². The van der Waals surface area contributed by atoms with Crippen LogP contribution in [-0.2, 0) is 28.5 Å². The van der Waals surface area contributed by atoms with Gasteiger partial charge in [0.1, 0.15) is 11.2 Å². The third-order valence-corrected chi connectivity index (χ3v) is 17.9. The lowest BCUT2D eigenvalue weighted by molar-refractivity contribution is -0.219. The molecule has 4 N–H and O–H groups in total. The van der Waals surface area contributed by atoms with Gasteiger partial charge in [0.05, 0.1) is 25.4 Å². The molecule has 8 aliphatic carbocycles. The zero-order valence-corrected chi connectivity index (χ0v) is 33.7. The maximum atomic E-state index is 17.5. The number of aliphatic hydroxyl groups is 4. The maximum Gasteiger partial charge on any atom is 0.488 e. The molecule has 0 saturated heterocycles. The summed E-state index contributed by atoms with van der Waals surface area (Å²) in [5, 5.41) is 47.8. The number of hydrogen-bond acceptors (Lipinski definition) is 10. The van der Waals surface area contributed by atoms with Crippen LogP contribution in [0.25, 0.3) is 0 Å². The molecule has 0 aliphatic heterocycles. The lowest BCUT2D eigenvalue weighted by atomic mass is 9.44. The van der Waals surface area contributed by atoms with E-state index in [0.29, 0.717) is 49.7 Å². The summed E-state index contributed by atoms with van der Waals surface area (Å²) in [4.78, 5) is 52.2. The van der Waals surface area contributed by atoms with Crippen molar-refractivity contribution in [1.82, 2.24) is 0 Å². The largest absolute Gasteiger partial charge is 0.488 e. The van der Waals surface area contributed by atoms with Crippen molar-refractivity contribution < 1.29 is 57.7 Å². The molecule has 1 radical (unpaired) electrons. The fourth-order valence-corrected chi connectivity index (χ4v) is 14.8. The normalized spacial score (nSPS) is 52.1. The summed E-state index contributed by atoms with van der Waals surface area (Å²) in [5.41, 5.74) is -11.7. The van der Waals surface area contributed by atoms with Crippen molar-refractivity contribution >= 4 is 30.8 Å². The smallest absolute Gasteiger partial charge is 0.406 e. The molecule has 6 fully saturated rings. The first-order valence-corrected chi connectivity index (χ1v) is 20.7. The van der Waals surface area contributed by atoms with Gasteiger partial charge >= 0.3 is 7.69 Å². The van der Waals surface area contributed by atoms with Gasteiger partial charge in [-0.2, -0.15) is 0 Å². The fraction of sp³-hybridized carbons (Fsp3) is 0.727. The predicted octanol–water partition coefficient (Wildman–Crippen LogP) is 4.39. The van der Waals surface area contributed by atoms with Crippen LogP contribution in [0.2, 0.25) is 0 Å². The number of carbonyl (C=O) groups is 4. The molecule has 0 bridgehead atoms. The second-order valence-electron chi connectivity index (χ2n) is 19.9. The van der Waals surface area contributed by atoms with Crippen molar-refractivity contribution in [2.75, 3.05) is 13.2 Å². The Morgan fingerprint density at radius 3 is 1.44 bits per heavy atom. The highest BCUT2D eigenvalue weighted by Gasteiger charge is 2.77. The van der Waals surface area contributed by atoms with Gasteiger partial charge in [-0.15, -0.1) is 0 Å². The van der Waals surface area contributed by atoms with E-state index in [1.165, 1.54) is 24.3 Å². The van der Waals surface area contributed by atoms with E-state index in [-0.39, 0.29) is 24.4 Å². The first-order valence-electron chi connectivity index (χ1n) is 20.7. The Labute approximate surface area is 333 Å². The number of Topliss-reactive ketones (excluding diaryl/α,β-unsaturated/α-hetero) is 2. The highest BCUT2D eigenvalue weighted by molar-refractivity contribution is 6.19. The zero-order chi connectivity index (χ0) is 41.5. The molecule has 0 aromatic rings. The fourth-order valence-electron chi connectivity index (χ4n) is 14.8. The molecule has 10 nitrogen and oxygen atoms in total. The summed E-state index contributed by atoms with van der Waals surface area (Å²) in [5.74, 6) is -5.22. The van der Waals surface area contributed by atoms with Crippen molar-refractivity contribution in [3.05, 3.63) is 47.6 Å². The maximum absolute atomic E-state index is 17.5. The van der Waals surface area contributed by atoms with Crippen LogP contribution in [0.1, 0.15) is 92.9 Å². The number of hydrogen-bond donors (Lipinski definition) is 4. The SMILES string of the molecule is CC1CC2C3CCC4=CC(=O)C=CC4(C)C3(F)C(O)CC2(C)C1(O)C(=O)CO[B]OCC(=O)C1(O)C(C)CC2C3CCC4=CC(=O)C=CC4(C)C3(F)C(O)CC21C. The number of carbonyl (C=O) groups excluding carboxylic acids is 4. The minimum absolute atomic E-state index is 0.181. The van der Waals surface area contributed by atoms with Crippen molar-refractivity contribution in [2.45, 2.75) is 128 Å². The van der Waals surface area contributed by atoms with Gasteiger partial charge in [-0.25, -0.2) is 8.78 Å². The number of ketones is 4. The molecule has 13 heteroatoms. The van der Waals surface area contributed by atoms with Crippen LogP contribution in [0.3, 0.4) is 0 Å². The van der Waals surface area contributed by atoms with E-state index in [1.54, 1.807) is 53.7 Å². The summed E-state index contributed by atoms with van der Waals surface area (Å²) in [6.45, 7) is 9.12. The second kappa shape index (κ2) is 12.9. The van der Waals surface area contributed by atoms with Gasteiger partial charge < -0.3 is 29.7 Å². The Balaban J connectivity index is 0.921. The van der Waals surface area contributed by atoms with Crippen molar-refractivity contribution in [1.29, 1.82) is 0 Å². The number of alkyl halides is 2. The summed E-state index contributed by atoms with van der Waals surface area (Å²) >= 11 is 0. The van der Waals surface area contributed by atoms with Crippen molar-refractivity contribution in [2.24, 2.45) is 57.2 Å². The molecule has 0 spiro atoms. The van der Waals surface area contributed by atoms with Gasteiger partial charge in [-0.05, 0) is 113 Å². The van der Waals surface area contributed by atoms with E-state index < -0.39 is 117 Å². The monoisotopic (exact) mass is 793 g/mol. The highest BCUT2D eigenvalue weighted by Crippen LogP contribution is 2.72. The molecule has 309 valence electrons. The first-order chi connectivity index (χ1) is 26.5. The average molecular weight is 794 g/mol. The molecule has 0 heterocycles. The number of rotatable bonds is 8. The van der Waals surface area contributed by atoms with Crippen LogP contribution in [0.4, 0.5) is 8.78 Å². The predicted molar refractivity (Wildman–Crippen MR) is 203 cm³/mol. The van der Waals surface area contributed by atoms with E-state index in [0.717, 1.165) is 7.69 Å². The third-order valence-electron chi connectivity index (χ3n) is 17.9. The van der Waals surface area contributed by atoms with E-state index >= 15 is 8.78 Å². The molecule has 6 saturated carbocycles. The van der Waals surface area contributed by atoms with Crippen LogP contribution < -0.4 is 0 Å². The summed E-state index contributed by atoms with van der Waals surface area (Å²) in [6, 6.07) is 0. The zero-order valence-electron chi connectivity index (χ0n) is 33.7. The molecule has 8 aliphatic rings. The van der Waals surface area contributed by atoms with Crippen LogP contribution in [0, 0.1) is 57.2 Å². The van der Waals surface area contributed by atoms with Crippen molar-refractivity contribution in [3.8, 4) is 0 Å².